The molecule has 2 unspecified atom stereocenters. The summed E-state index contributed by atoms with van der Waals surface area (Å²) >= 11 is -0.696. The second kappa shape index (κ2) is 15.4. The SMILES string of the molecule is CC(C)Oc1cc(C(c2cc(N)cc(OC(N)(N)[C@H](C)N)c2)C(Cc2ccccc2)[I-]CC(=O)CCC(C)(N)N)ccc1N. The molecular weight excluding hydrogens is 669 g/mol. The standard InChI is InChI=1S/C33H49IN7O3/c1-20(2)43-30-17-23(10-11-29(30)37)31(24-15-25(36)18-27(16-24)44-33(40,41)21(3)35)28(14-22-8-6-5-7-9-22)34-19-26(42)12-13-32(4,38)39/h5-11,15-18,20-21,28,31H,12-14,19,35-41H2,1-4H3/q-1/t21-,28?,31?/m0/s1. The van der Waals surface area contributed by atoms with E-state index in [0.29, 0.717) is 40.1 Å². The third-order valence-electron chi connectivity index (χ3n) is 7.08. The summed E-state index contributed by atoms with van der Waals surface area (Å²) in [6, 6.07) is 20.9. The van der Waals surface area contributed by atoms with Gasteiger partial charge in [0.25, 0.3) is 0 Å². The Hall–Kier alpha value is -2.94. The van der Waals surface area contributed by atoms with Crippen molar-refractivity contribution in [1.82, 2.24) is 0 Å². The average molecular weight is 719 g/mol. The first-order chi connectivity index (χ1) is 20.5. The Morgan fingerprint density at radius 3 is 2.20 bits per heavy atom. The van der Waals surface area contributed by atoms with Crippen LogP contribution in [0.1, 0.15) is 63.1 Å². The number of halogens is 1. The van der Waals surface area contributed by atoms with Crippen LogP contribution in [0.4, 0.5) is 11.4 Å². The minimum absolute atomic E-state index is 0.0696. The van der Waals surface area contributed by atoms with E-state index in [0.717, 1.165) is 17.5 Å². The van der Waals surface area contributed by atoms with Crippen LogP contribution in [0, 0.1) is 0 Å². The van der Waals surface area contributed by atoms with Gasteiger partial charge in [-0.2, -0.15) is 0 Å². The van der Waals surface area contributed by atoms with E-state index in [1.54, 1.807) is 19.9 Å². The first-order valence-electron chi connectivity index (χ1n) is 14.7. The summed E-state index contributed by atoms with van der Waals surface area (Å²) in [5.74, 6) is -0.641. The Morgan fingerprint density at radius 1 is 0.909 bits per heavy atom. The number of nitrogens with two attached hydrogens (primary N) is 7. The van der Waals surface area contributed by atoms with Crippen LogP contribution >= 0.6 is 0 Å². The molecule has 0 fully saturated rings. The van der Waals surface area contributed by atoms with Gasteiger partial charge in [0.05, 0.1) is 0 Å². The van der Waals surface area contributed by atoms with Gasteiger partial charge in [0, 0.05) is 0 Å². The van der Waals surface area contributed by atoms with Crippen LogP contribution in [0.5, 0.6) is 11.5 Å². The molecule has 0 aliphatic carbocycles. The van der Waals surface area contributed by atoms with Gasteiger partial charge in [-0.05, 0) is 0 Å². The van der Waals surface area contributed by atoms with Gasteiger partial charge in [-0.1, -0.05) is 0 Å². The van der Waals surface area contributed by atoms with Gasteiger partial charge in [-0.3, -0.25) is 0 Å². The van der Waals surface area contributed by atoms with Gasteiger partial charge in [0.2, 0.25) is 0 Å². The molecule has 10 nitrogen and oxygen atoms in total. The molecule has 11 heteroatoms. The van der Waals surface area contributed by atoms with E-state index >= 15 is 0 Å². The molecule has 0 aliphatic rings. The number of alkyl halides is 2. The summed E-state index contributed by atoms with van der Waals surface area (Å²) < 4.78 is 12.6. The summed E-state index contributed by atoms with van der Waals surface area (Å²) in [6.45, 7) is 7.32. The van der Waals surface area contributed by atoms with Crippen LogP contribution in [-0.2, 0) is 11.2 Å². The molecule has 0 saturated heterocycles. The molecule has 0 aromatic heterocycles. The number of ether oxygens (including phenoxy) is 2. The van der Waals surface area contributed by atoms with Crippen LogP contribution in [0.25, 0.3) is 0 Å². The number of ketones is 1. The summed E-state index contributed by atoms with van der Waals surface area (Å²) in [4.78, 5) is 13.1. The summed E-state index contributed by atoms with van der Waals surface area (Å²) in [7, 11) is 0. The fourth-order valence-electron chi connectivity index (χ4n) is 4.65. The number of Topliss-reactive ketones (excluding diaryl/α,β-unsaturated/α-hetero) is 1. The predicted molar refractivity (Wildman–Crippen MR) is 175 cm³/mol. The monoisotopic (exact) mass is 718 g/mol. The van der Waals surface area contributed by atoms with Crippen LogP contribution in [0.2, 0.25) is 0 Å². The second-order valence-corrected chi connectivity index (χ2v) is 15.3. The second-order valence-electron chi connectivity index (χ2n) is 12.1. The number of carbonyl (C=O) groups is 1. The summed E-state index contributed by atoms with van der Waals surface area (Å²) in [5.41, 5.74) is 46.2. The Morgan fingerprint density at radius 2 is 1.59 bits per heavy atom. The molecule has 3 aromatic carbocycles. The van der Waals surface area contributed by atoms with E-state index in [2.05, 4.69) is 12.1 Å². The van der Waals surface area contributed by atoms with E-state index in [1.807, 2.05) is 62.4 Å². The van der Waals surface area contributed by atoms with Crippen LogP contribution in [0.15, 0.2) is 66.7 Å². The maximum absolute atomic E-state index is 13.1. The Bertz CT molecular complexity index is 1380. The van der Waals surface area contributed by atoms with Crippen molar-refractivity contribution in [3.8, 4) is 11.5 Å². The minimum atomic E-state index is -1.61. The molecule has 0 radical (unpaired) electrons. The number of hydrogen-bond donors (Lipinski definition) is 7. The molecule has 0 amide bonds. The predicted octanol–water partition coefficient (Wildman–Crippen LogP) is -0.249. The van der Waals surface area contributed by atoms with Gasteiger partial charge >= 0.3 is 273 Å². The maximum atomic E-state index is 13.1. The number of hydrogen-bond acceptors (Lipinski definition) is 10. The molecule has 0 spiro atoms. The fraction of sp³-hybridized carbons (Fsp3) is 0.424. The fourth-order valence-corrected chi connectivity index (χ4v) is 8.25. The van der Waals surface area contributed by atoms with Crippen molar-refractivity contribution in [2.75, 3.05) is 15.9 Å². The number of nitrogen functional groups attached to an aromatic ring is 2. The van der Waals surface area contributed by atoms with Gasteiger partial charge in [0.15, 0.2) is 0 Å². The van der Waals surface area contributed by atoms with Crippen molar-refractivity contribution < 1.29 is 35.5 Å². The van der Waals surface area contributed by atoms with Gasteiger partial charge in [-0.25, -0.2) is 0 Å². The molecule has 242 valence electrons. The molecule has 0 heterocycles. The quantitative estimate of drug-likeness (QED) is 0.0446. The van der Waals surface area contributed by atoms with Gasteiger partial charge in [0.1, 0.15) is 0 Å². The molecule has 3 aromatic rings. The molecule has 44 heavy (non-hydrogen) atoms. The number of carbonyl (C=O) groups excluding carboxylic acids is 1. The molecule has 0 saturated carbocycles. The summed E-state index contributed by atoms with van der Waals surface area (Å²) in [6.07, 6.45) is 1.43. The van der Waals surface area contributed by atoms with Crippen molar-refractivity contribution >= 4 is 17.2 Å². The molecule has 0 aliphatic heterocycles. The number of benzene rings is 3. The number of anilines is 2. The van der Waals surface area contributed by atoms with Crippen LogP contribution in [-0.4, -0.2) is 37.8 Å². The van der Waals surface area contributed by atoms with Crippen LogP contribution < -0.4 is 70.8 Å². The van der Waals surface area contributed by atoms with E-state index in [9.17, 15) is 4.79 Å². The molecular formula is C33H49IN7O3-. The normalized spacial score (nSPS) is 14.3. The summed E-state index contributed by atoms with van der Waals surface area (Å²) in [5, 5.41) is 0. The van der Waals surface area contributed by atoms with E-state index in [4.69, 9.17) is 49.6 Å². The van der Waals surface area contributed by atoms with E-state index in [-0.39, 0.29) is 21.7 Å². The third-order valence-corrected chi connectivity index (χ3v) is 10.7. The first kappa shape index (κ1) is 35.5. The zero-order valence-electron chi connectivity index (χ0n) is 26.1. The topological polar surface area (TPSA) is 218 Å². The van der Waals surface area contributed by atoms with Gasteiger partial charge < -0.3 is 0 Å². The average Bonchev–Trinajstić information content (AvgIpc) is 2.91. The first-order valence-corrected chi connectivity index (χ1v) is 17.5. The van der Waals surface area contributed by atoms with E-state index in [1.165, 1.54) is 5.56 Å². The van der Waals surface area contributed by atoms with Crippen molar-refractivity contribution in [3.63, 3.8) is 0 Å². The Kier molecular flexibility index (Phi) is 12.4. The Balaban J connectivity index is 2.14. The molecule has 3 rings (SSSR count). The van der Waals surface area contributed by atoms with E-state index < -0.39 is 38.8 Å². The molecule has 14 N–H and O–H groups in total. The zero-order chi connectivity index (χ0) is 32.7. The van der Waals surface area contributed by atoms with Crippen molar-refractivity contribution in [2.24, 2.45) is 28.7 Å². The molecule has 3 atom stereocenters. The zero-order valence-corrected chi connectivity index (χ0v) is 28.3. The molecule has 0 bridgehead atoms. The third kappa shape index (κ3) is 10.9. The van der Waals surface area contributed by atoms with Crippen molar-refractivity contribution in [1.29, 1.82) is 0 Å². The van der Waals surface area contributed by atoms with Crippen molar-refractivity contribution in [2.45, 2.75) is 80.5 Å². The Labute approximate surface area is 271 Å². The van der Waals surface area contributed by atoms with Gasteiger partial charge in [-0.15, -0.1) is 0 Å². The number of rotatable bonds is 16. The van der Waals surface area contributed by atoms with Crippen molar-refractivity contribution in [3.05, 3.63) is 83.4 Å². The van der Waals surface area contributed by atoms with Crippen LogP contribution in [0.3, 0.4) is 0 Å².